The van der Waals surface area contributed by atoms with Crippen LogP contribution in [0.2, 0.25) is 0 Å². The Morgan fingerprint density at radius 3 is 1.13 bits per heavy atom. The number of hydrogen-bond donors (Lipinski definition) is 1. The summed E-state index contributed by atoms with van der Waals surface area (Å²) in [7, 11) is 1.49. The van der Waals surface area contributed by atoms with Crippen LogP contribution in [0, 0.1) is 0 Å². The summed E-state index contributed by atoms with van der Waals surface area (Å²) in [5, 5.41) is 0. The Bertz CT molecular complexity index is 1410. The van der Waals surface area contributed by atoms with Crippen molar-refractivity contribution in [2.24, 2.45) is 0 Å². The van der Waals surface area contributed by atoms with Crippen LogP contribution in [0.1, 0.15) is 303 Å². The van der Waals surface area contributed by atoms with Crippen LogP contribution in [-0.4, -0.2) is 74.9 Å². The summed E-state index contributed by atoms with van der Waals surface area (Å²) < 4.78 is 34.7. The molecule has 0 aliphatic rings. The SMILES string of the molecule is CC/C=C\C/C=C\C/C=C\C/C=C\CCCCCCCCCCCCCCCCCCCCC(=O)OC(COC(=O)CCCCCCCCCCCCCCCCCCCCCC)COP(=O)(O)OCC[N+](C)(C)C. The van der Waals surface area contributed by atoms with E-state index in [9.17, 15) is 19.0 Å². The highest BCUT2D eigenvalue weighted by atomic mass is 31.2. The highest BCUT2D eigenvalue weighted by Crippen LogP contribution is 2.43. The molecule has 10 heteroatoms. The molecule has 0 aliphatic heterocycles. The molecule has 2 unspecified atom stereocenters. The first-order valence-electron chi connectivity index (χ1n) is 31.9. The molecular weight excluding hydrogens is 954 g/mol. The number of allylic oxidation sites excluding steroid dienone is 8. The third kappa shape index (κ3) is 61.1. The lowest BCUT2D eigenvalue weighted by Gasteiger charge is -2.24. The highest BCUT2D eigenvalue weighted by Gasteiger charge is 2.27. The van der Waals surface area contributed by atoms with Gasteiger partial charge in [0.1, 0.15) is 19.8 Å². The molecule has 0 saturated carbocycles. The molecule has 0 heterocycles. The number of nitrogens with zero attached hydrogens (tertiary/aromatic N) is 1. The highest BCUT2D eigenvalue weighted by molar-refractivity contribution is 7.47. The van der Waals surface area contributed by atoms with E-state index < -0.39 is 26.5 Å². The molecule has 0 rings (SSSR count). The Hall–Kier alpha value is -2.03. The Kier molecular flexibility index (Phi) is 55.1. The summed E-state index contributed by atoms with van der Waals surface area (Å²) >= 11 is 0. The quantitative estimate of drug-likeness (QED) is 0.0211. The monoisotopic (exact) mass is 1080 g/mol. The average Bonchev–Trinajstić information content (AvgIpc) is 3.37. The fraction of sp³-hybridized carbons (Fsp3) is 0.846. The number of quaternary nitrogens is 1. The summed E-state index contributed by atoms with van der Waals surface area (Å²) in [6.45, 7) is 4.38. The van der Waals surface area contributed by atoms with Crippen LogP contribution in [-0.2, 0) is 32.7 Å². The summed E-state index contributed by atoms with van der Waals surface area (Å²) in [6.07, 6.45) is 72.0. The van der Waals surface area contributed by atoms with Gasteiger partial charge < -0.3 is 18.9 Å². The van der Waals surface area contributed by atoms with Crippen molar-refractivity contribution < 1.29 is 42.1 Å². The maximum absolute atomic E-state index is 12.8. The van der Waals surface area contributed by atoms with Gasteiger partial charge in [0.15, 0.2) is 6.10 Å². The van der Waals surface area contributed by atoms with Crippen molar-refractivity contribution in [1.29, 1.82) is 0 Å². The Morgan fingerprint density at radius 2 is 0.760 bits per heavy atom. The number of phosphoric acid groups is 1. The first-order valence-corrected chi connectivity index (χ1v) is 33.4. The van der Waals surface area contributed by atoms with Crippen molar-refractivity contribution >= 4 is 19.8 Å². The van der Waals surface area contributed by atoms with Gasteiger partial charge in [-0.15, -0.1) is 0 Å². The van der Waals surface area contributed by atoms with E-state index >= 15 is 0 Å². The summed E-state index contributed by atoms with van der Waals surface area (Å²) in [5.74, 6) is -0.779. The zero-order valence-electron chi connectivity index (χ0n) is 50.0. The predicted octanol–water partition coefficient (Wildman–Crippen LogP) is 20.1. The molecule has 0 fully saturated rings. The first kappa shape index (κ1) is 73.0. The van der Waals surface area contributed by atoms with E-state index in [1.54, 1.807) is 0 Å². The van der Waals surface area contributed by atoms with Crippen LogP contribution in [0.5, 0.6) is 0 Å². The third-order valence-corrected chi connectivity index (χ3v) is 15.1. The molecule has 0 radical (unpaired) electrons. The molecule has 0 amide bonds. The number of ether oxygens (including phenoxy) is 2. The lowest BCUT2D eigenvalue weighted by molar-refractivity contribution is -0.870. The van der Waals surface area contributed by atoms with Crippen molar-refractivity contribution in [2.45, 2.75) is 309 Å². The third-order valence-electron chi connectivity index (χ3n) is 14.1. The van der Waals surface area contributed by atoms with Gasteiger partial charge in [0.05, 0.1) is 27.7 Å². The van der Waals surface area contributed by atoms with Gasteiger partial charge in [-0.05, 0) is 51.4 Å². The number of phosphoric ester groups is 1. The summed E-state index contributed by atoms with van der Waals surface area (Å²) in [5.41, 5.74) is 0. The number of rotatable bonds is 59. The van der Waals surface area contributed by atoms with Crippen LogP contribution in [0.15, 0.2) is 48.6 Å². The Labute approximate surface area is 464 Å². The first-order chi connectivity index (χ1) is 36.5. The van der Waals surface area contributed by atoms with Crippen LogP contribution in [0.3, 0.4) is 0 Å². The molecule has 0 spiro atoms. The van der Waals surface area contributed by atoms with Gasteiger partial charge in [-0.1, -0.05) is 287 Å². The molecule has 0 aromatic heterocycles. The minimum absolute atomic E-state index is 0.0340. The number of carbonyl (C=O) groups excluding carboxylic acids is 2. The molecule has 0 aromatic carbocycles. The van der Waals surface area contributed by atoms with Crippen molar-refractivity contribution in [3.8, 4) is 0 Å². The fourth-order valence-electron chi connectivity index (χ4n) is 9.25. The number of unbranched alkanes of at least 4 members (excludes halogenated alkanes) is 37. The maximum Gasteiger partial charge on any atom is 0.472 e. The Morgan fingerprint density at radius 1 is 0.427 bits per heavy atom. The summed E-state index contributed by atoms with van der Waals surface area (Å²) in [4.78, 5) is 35.8. The van der Waals surface area contributed by atoms with Gasteiger partial charge in [-0.2, -0.15) is 0 Å². The zero-order valence-corrected chi connectivity index (χ0v) is 50.9. The zero-order chi connectivity index (χ0) is 54.9. The molecule has 0 aliphatic carbocycles. The predicted molar refractivity (Wildman–Crippen MR) is 321 cm³/mol. The van der Waals surface area contributed by atoms with E-state index in [-0.39, 0.29) is 25.6 Å². The van der Waals surface area contributed by atoms with E-state index in [0.29, 0.717) is 23.9 Å². The van der Waals surface area contributed by atoms with Crippen molar-refractivity contribution in [3.63, 3.8) is 0 Å². The van der Waals surface area contributed by atoms with E-state index in [4.69, 9.17) is 18.5 Å². The molecule has 0 saturated heterocycles. The second-order valence-electron chi connectivity index (χ2n) is 22.8. The molecule has 2 atom stereocenters. The number of likely N-dealkylation sites (N-methyl/N-ethyl adjacent to an activating group) is 1. The van der Waals surface area contributed by atoms with Crippen LogP contribution in [0.4, 0.5) is 0 Å². The van der Waals surface area contributed by atoms with E-state index in [2.05, 4.69) is 62.5 Å². The maximum atomic E-state index is 12.8. The lowest BCUT2D eigenvalue weighted by atomic mass is 10.0. The van der Waals surface area contributed by atoms with Gasteiger partial charge >= 0.3 is 19.8 Å². The number of carbonyl (C=O) groups is 2. The van der Waals surface area contributed by atoms with Crippen LogP contribution in [0.25, 0.3) is 0 Å². The van der Waals surface area contributed by atoms with E-state index in [0.717, 1.165) is 57.8 Å². The smallest absolute Gasteiger partial charge is 0.462 e. The minimum Gasteiger partial charge on any atom is -0.462 e. The van der Waals surface area contributed by atoms with Crippen molar-refractivity contribution in [1.82, 2.24) is 0 Å². The number of hydrogen-bond acceptors (Lipinski definition) is 7. The molecule has 9 nitrogen and oxygen atoms in total. The van der Waals surface area contributed by atoms with Crippen LogP contribution < -0.4 is 0 Å². The van der Waals surface area contributed by atoms with Gasteiger partial charge in [0.25, 0.3) is 0 Å². The fourth-order valence-corrected chi connectivity index (χ4v) is 9.99. The molecule has 0 bridgehead atoms. The van der Waals surface area contributed by atoms with Gasteiger partial charge in [-0.3, -0.25) is 18.6 Å². The normalized spacial score (nSPS) is 13.5. The van der Waals surface area contributed by atoms with Gasteiger partial charge in [-0.25, -0.2) is 4.57 Å². The van der Waals surface area contributed by atoms with Crippen molar-refractivity contribution in [2.75, 3.05) is 47.5 Å². The molecule has 1 N–H and O–H groups in total. The second kappa shape index (κ2) is 56.7. The van der Waals surface area contributed by atoms with Gasteiger partial charge in [0.2, 0.25) is 0 Å². The lowest BCUT2D eigenvalue weighted by Crippen LogP contribution is -2.37. The molecule has 0 aromatic rings. The second-order valence-corrected chi connectivity index (χ2v) is 24.2. The number of esters is 2. The van der Waals surface area contributed by atoms with Crippen LogP contribution >= 0.6 is 7.82 Å². The standard InChI is InChI=1S/C65H122NO8P/c1-6-8-10-12-14-16-18-20-22-24-26-28-29-30-31-32-33-34-35-36-37-38-40-42-44-46-48-50-52-54-56-58-65(68)74-63(62-73-75(69,70)72-60-59-66(3,4)5)61-71-64(67)57-55-53-51-49-47-45-43-41-39-27-25-23-21-19-17-15-13-11-9-7-2/h8,10,14,16,20,22,26,28,63H,6-7,9,11-13,15,17-19,21,23-25,27,29-62H2,1-5H3/p+1/b10-8-,16-14-,22-20-,28-26-. The topological polar surface area (TPSA) is 108 Å². The van der Waals surface area contributed by atoms with Gasteiger partial charge in [0, 0.05) is 12.8 Å². The molecule has 440 valence electrons. The van der Waals surface area contributed by atoms with Crippen molar-refractivity contribution in [3.05, 3.63) is 48.6 Å². The van der Waals surface area contributed by atoms with E-state index in [1.165, 1.54) is 212 Å². The van der Waals surface area contributed by atoms with E-state index in [1.807, 2.05) is 21.1 Å². The Balaban J connectivity index is 4.04. The average molecular weight is 1080 g/mol. The molecular formula is C65H123NO8P+. The molecule has 75 heavy (non-hydrogen) atoms. The minimum atomic E-state index is -4.38. The summed E-state index contributed by atoms with van der Waals surface area (Å²) in [6, 6.07) is 0. The largest absolute Gasteiger partial charge is 0.472 e.